The Hall–Kier alpha value is -2.86. The van der Waals surface area contributed by atoms with E-state index in [1.54, 1.807) is 18.2 Å². The van der Waals surface area contributed by atoms with E-state index in [0.29, 0.717) is 23.7 Å². The van der Waals surface area contributed by atoms with Crippen LogP contribution in [0.2, 0.25) is 0 Å². The summed E-state index contributed by atoms with van der Waals surface area (Å²) in [5.41, 5.74) is 1.30. The number of carbonyl (C=O) groups excluding carboxylic acids is 2. The summed E-state index contributed by atoms with van der Waals surface area (Å²) in [5.74, 6) is -0.0917. The van der Waals surface area contributed by atoms with Gasteiger partial charge in [-0.3, -0.25) is 14.5 Å². The first-order valence-electron chi connectivity index (χ1n) is 7.98. The summed E-state index contributed by atoms with van der Waals surface area (Å²) in [4.78, 5) is 25.4. The molecule has 2 aromatic rings. The molecule has 3 rings (SSSR count). The van der Waals surface area contributed by atoms with Gasteiger partial charge < -0.3 is 14.6 Å². The van der Waals surface area contributed by atoms with Crippen LogP contribution in [0.5, 0.6) is 11.5 Å². The van der Waals surface area contributed by atoms with Gasteiger partial charge in [0.25, 0.3) is 11.8 Å². The quantitative estimate of drug-likeness (QED) is 0.842. The van der Waals surface area contributed by atoms with Gasteiger partial charge in [0.15, 0.2) is 11.5 Å². The highest BCUT2D eigenvalue weighted by molar-refractivity contribution is 6.07. The molecule has 6 nitrogen and oxygen atoms in total. The normalized spacial score (nSPS) is 16.8. The summed E-state index contributed by atoms with van der Waals surface area (Å²) in [5, 5.41) is 9.52. The van der Waals surface area contributed by atoms with Crippen molar-refractivity contribution < 1.29 is 24.2 Å². The number of methoxy groups -OCH3 is 1. The largest absolute Gasteiger partial charge is 0.493 e. The first kappa shape index (κ1) is 17.0. The zero-order chi connectivity index (χ0) is 17.8. The van der Waals surface area contributed by atoms with E-state index in [4.69, 9.17) is 9.47 Å². The Morgan fingerprint density at radius 3 is 2.60 bits per heavy atom. The molecule has 1 N–H and O–H groups in total. The Labute approximate surface area is 145 Å². The standard InChI is InChI=1S/C19H19NO5/c1-24-16-8-7-14(18(22)20-10-9-15(21)19(20)23)11-17(16)25-12-13-5-3-2-4-6-13/h2-8,11,15,21H,9-10,12H2,1H3/t15-/m1/s1. The predicted octanol–water partition coefficient (Wildman–Crippen LogP) is 2.01. The highest BCUT2D eigenvalue weighted by atomic mass is 16.5. The second-order valence-electron chi connectivity index (χ2n) is 5.74. The molecule has 1 fully saturated rings. The monoisotopic (exact) mass is 341 g/mol. The molecular weight excluding hydrogens is 322 g/mol. The maximum absolute atomic E-state index is 12.5. The van der Waals surface area contributed by atoms with Crippen molar-refractivity contribution in [3.63, 3.8) is 0 Å². The third-order valence-electron chi connectivity index (χ3n) is 4.07. The first-order valence-corrected chi connectivity index (χ1v) is 7.98. The van der Waals surface area contributed by atoms with E-state index < -0.39 is 17.9 Å². The van der Waals surface area contributed by atoms with Crippen molar-refractivity contribution in [1.29, 1.82) is 0 Å². The number of aliphatic hydroxyl groups is 1. The molecule has 0 unspecified atom stereocenters. The molecule has 130 valence electrons. The van der Waals surface area contributed by atoms with Crippen LogP contribution < -0.4 is 9.47 Å². The fourth-order valence-electron chi connectivity index (χ4n) is 2.68. The van der Waals surface area contributed by atoms with E-state index in [9.17, 15) is 14.7 Å². The lowest BCUT2D eigenvalue weighted by Crippen LogP contribution is -2.35. The molecule has 1 aliphatic rings. The lowest BCUT2D eigenvalue weighted by molar-refractivity contribution is -0.132. The van der Waals surface area contributed by atoms with Crippen LogP contribution >= 0.6 is 0 Å². The molecule has 0 saturated carbocycles. The number of ether oxygens (including phenoxy) is 2. The number of amides is 2. The number of hydrogen-bond acceptors (Lipinski definition) is 5. The van der Waals surface area contributed by atoms with Gasteiger partial charge >= 0.3 is 0 Å². The predicted molar refractivity (Wildman–Crippen MR) is 90.4 cm³/mol. The van der Waals surface area contributed by atoms with E-state index in [-0.39, 0.29) is 13.0 Å². The second kappa shape index (κ2) is 7.36. The molecule has 1 atom stereocenters. The minimum absolute atomic E-state index is 0.213. The summed E-state index contributed by atoms with van der Waals surface area (Å²) in [6.45, 7) is 0.543. The van der Waals surface area contributed by atoms with Crippen LogP contribution in [0.25, 0.3) is 0 Å². The Morgan fingerprint density at radius 1 is 1.20 bits per heavy atom. The van der Waals surface area contributed by atoms with Crippen molar-refractivity contribution in [2.75, 3.05) is 13.7 Å². The van der Waals surface area contributed by atoms with Crippen molar-refractivity contribution in [3.05, 3.63) is 59.7 Å². The molecule has 2 aromatic carbocycles. The van der Waals surface area contributed by atoms with E-state index in [1.807, 2.05) is 30.3 Å². The van der Waals surface area contributed by atoms with Gasteiger partial charge in [0.1, 0.15) is 12.7 Å². The van der Waals surface area contributed by atoms with Gasteiger partial charge in [0.05, 0.1) is 7.11 Å². The fraction of sp³-hybridized carbons (Fsp3) is 0.263. The van der Waals surface area contributed by atoms with Crippen molar-refractivity contribution in [3.8, 4) is 11.5 Å². The highest BCUT2D eigenvalue weighted by Gasteiger charge is 2.34. The lowest BCUT2D eigenvalue weighted by Gasteiger charge is -2.16. The summed E-state index contributed by atoms with van der Waals surface area (Å²) in [6.07, 6.45) is -0.839. The van der Waals surface area contributed by atoms with E-state index in [0.717, 1.165) is 10.5 Å². The van der Waals surface area contributed by atoms with Gasteiger partial charge in [0, 0.05) is 18.5 Å². The van der Waals surface area contributed by atoms with Crippen LogP contribution in [0.3, 0.4) is 0 Å². The summed E-state index contributed by atoms with van der Waals surface area (Å²) < 4.78 is 11.1. The molecule has 25 heavy (non-hydrogen) atoms. The van der Waals surface area contributed by atoms with Crippen LogP contribution in [-0.2, 0) is 11.4 Å². The van der Waals surface area contributed by atoms with Gasteiger partial charge in [0.2, 0.25) is 0 Å². The van der Waals surface area contributed by atoms with Gasteiger partial charge in [-0.1, -0.05) is 30.3 Å². The van der Waals surface area contributed by atoms with E-state index >= 15 is 0 Å². The minimum Gasteiger partial charge on any atom is -0.493 e. The number of aliphatic hydroxyl groups excluding tert-OH is 1. The number of rotatable bonds is 5. The Kier molecular flexibility index (Phi) is 5.00. The molecule has 6 heteroatoms. The van der Waals surface area contributed by atoms with Crippen LogP contribution in [0.15, 0.2) is 48.5 Å². The number of nitrogens with zero attached hydrogens (tertiary/aromatic N) is 1. The maximum atomic E-state index is 12.5. The molecule has 0 bridgehead atoms. The van der Waals surface area contributed by atoms with Crippen LogP contribution in [0.1, 0.15) is 22.3 Å². The molecule has 0 radical (unpaired) electrons. The SMILES string of the molecule is COc1ccc(C(=O)N2CC[C@@H](O)C2=O)cc1OCc1ccccc1. The Balaban J connectivity index is 1.80. The van der Waals surface area contributed by atoms with E-state index in [1.165, 1.54) is 7.11 Å². The molecule has 0 aliphatic carbocycles. The smallest absolute Gasteiger partial charge is 0.260 e. The first-order chi connectivity index (χ1) is 12.1. The summed E-state index contributed by atoms with van der Waals surface area (Å²) >= 11 is 0. The molecule has 0 aromatic heterocycles. The van der Waals surface area contributed by atoms with Crippen molar-refractivity contribution >= 4 is 11.8 Å². The average Bonchev–Trinajstić information content (AvgIpc) is 2.99. The van der Waals surface area contributed by atoms with Crippen molar-refractivity contribution in [1.82, 2.24) is 4.90 Å². The third kappa shape index (κ3) is 3.64. The van der Waals surface area contributed by atoms with Crippen LogP contribution in [0.4, 0.5) is 0 Å². The number of imide groups is 1. The zero-order valence-electron chi connectivity index (χ0n) is 13.8. The fourth-order valence-corrected chi connectivity index (χ4v) is 2.68. The topological polar surface area (TPSA) is 76.1 Å². The maximum Gasteiger partial charge on any atom is 0.260 e. The van der Waals surface area contributed by atoms with Crippen molar-refractivity contribution in [2.24, 2.45) is 0 Å². The molecule has 2 amide bonds. The number of benzene rings is 2. The Morgan fingerprint density at radius 2 is 1.96 bits per heavy atom. The number of carbonyl (C=O) groups is 2. The highest BCUT2D eigenvalue weighted by Crippen LogP contribution is 2.30. The molecule has 1 heterocycles. The minimum atomic E-state index is -1.10. The number of likely N-dealkylation sites (tertiary alicyclic amines) is 1. The van der Waals surface area contributed by atoms with Crippen molar-refractivity contribution in [2.45, 2.75) is 19.1 Å². The van der Waals surface area contributed by atoms with Crippen LogP contribution in [0, 0.1) is 0 Å². The summed E-state index contributed by atoms with van der Waals surface area (Å²) in [6, 6.07) is 14.4. The molecule has 0 spiro atoms. The average molecular weight is 341 g/mol. The van der Waals surface area contributed by atoms with Gasteiger partial charge in [-0.15, -0.1) is 0 Å². The summed E-state index contributed by atoms with van der Waals surface area (Å²) in [7, 11) is 1.52. The molecule has 1 saturated heterocycles. The number of hydrogen-bond donors (Lipinski definition) is 1. The third-order valence-corrected chi connectivity index (χ3v) is 4.07. The van der Waals surface area contributed by atoms with Gasteiger partial charge in [-0.2, -0.15) is 0 Å². The molecular formula is C19H19NO5. The van der Waals surface area contributed by atoms with Crippen LogP contribution in [-0.4, -0.2) is 41.6 Å². The van der Waals surface area contributed by atoms with Gasteiger partial charge in [-0.05, 0) is 23.8 Å². The second-order valence-corrected chi connectivity index (χ2v) is 5.74. The zero-order valence-corrected chi connectivity index (χ0v) is 13.8. The van der Waals surface area contributed by atoms with E-state index in [2.05, 4.69) is 0 Å². The lowest BCUT2D eigenvalue weighted by atomic mass is 10.1. The molecule has 1 aliphatic heterocycles. The Bertz CT molecular complexity index is 775. The van der Waals surface area contributed by atoms with Gasteiger partial charge in [-0.25, -0.2) is 0 Å².